The number of ether oxygens (including phenoxy) is 3. The number of likely N-dealkylation sites (tertiary alicyclic amines) is 1. The summed E-state index contributed by atoms with van der Waals surface area (Å²) in [4.78, 5) is 70.6. The number of carbonyl (C=O) groups excluding carboxylic acids is 4. The lowest BCUT2D eigenvalue weighted by molar-refractivity contribution is -0.152. The van der Waals surface area contributed by atoms with Crippen molar-refractivity contribution in [3.8, 4) is 11.1 Å². The Morgan fingerprint density at radius 1 is 0.860 bits per heavy atom. The summed E-state index contributed by atoms with van der Waals surface area (Å²) in [5, 5.41) is 15.4. The van der Waals surface area contributed by atoms with E-state index in [0.29, 0.717) is 19.4 Å². The molecule has 1 aliphatic carbocycles. The van der Waals surface area contributed by atoms with Crippen LogP contribution in [0.15, 0.2) is 48.5 Å². The molecule has 0 saturated carbocycles. The van der Waals surface area contributed by atoms with E-state index in [1.165, 1.54) is 14.2 Å². The highest BCUT2D eigenvalue weighted by Crippen LogP contribution is 2.44. The fraction of sp³-hybridized carbons (Fsp3) is 0.614. The Hall–Kier alpha value is -4.49. The number of likely N-dealkylation sites (N-methyl/N-ethyl adjacent to an activating group) is 1. The second-order valence-corrected chi connectivity index (χ2v) is 16.3. The summed E-state index contributed by atoms with van der Waals surface area (Å²) in [6.07, 6.45) is -0.101. The molecule has 8 atom stereocenters. The molecule has 1 heterocycles. The smallest absolute Gasteiger partial charge is 0.407 e. The first-order valence-corrected chi connectivity index (χ1v) is 20.3. The number of hydrogen-bond acceptors (Lipinski definition) is 8. The van der Waals surface area contributed by atoms with Crippen LogP contribution in [0.5, 0.6) is 0 Å². The van der Waals surface area contributed by atoms with Crippen molar-refractivity contribution in [3.05, 3.63) is 59.7 Å². The van der Waals surface area contributed by atoms with E-state index >= 15 is 0 Å². The van der Waals surface area contributed by atoms with Crippen LogP contribution in [0.2, 0.25) is 0 Å². The SMILES string of the molecule is CC[C@H](C)[C@@H]([C@@H](CC(=O)N1CCC[C@H]1[C@H](OC)[C@@H](C)C(=O)O)OC)N(C)C(=O)[C@@H](NC(=O)[C@@H](NC(=O)OCC1c2ccccc2-c2ccccc21)C(C)C)C(C)C. The monoisotopic (exact) mass is 792 g/mol. The number of carboxylic acid groups (broad SMARTS) is 1. The van der Waals surface area contributed by atoms with Gasteiger partial charge in [-0.3, -0.25) is 19.2 Å². The predicted molar refractivity (Wildman–Crippen MR) is 217 cm³/mol. The Morgan fingerprint density at radius 3 is 1.95 bits per heavy atom. The molecule has 0 bridgehead atoms. The molecule has 0 spiro atoms. The molecule has 0 radical (unpaired) electrons. The fourth-order valence-electron chi connectivity index (χ4n) is 8.58. The number of benzene rings is 2. The topological polar surface area (TPSA) is 164 Å². The van der Waals surface area contributed by atoms with Crippen molar-refractivity contribution >= 4 is 29.8 Å². The van der Waals surface area contributed by atoms with Crippen molar-refractivity contribution in [1.82, 2.24) is 20.4 Å². The lowest BCUT2D eigenvalue weighted by Crippen LogP contribution is -2.60. The van der Waals surface area contributed by atoms with E-state index < -0.39 is 60.3 Å². The number of fused-ring (bicyclic) bond motifs is 3. The number of nitrogens with zero attached hydrogens (tertiary/aromatic N) is 2. The Bertz CT molecular complexity index is 1670. The molecule has 2 aromatic rings. The Labute approximate surface area is 338 Å². The number of aliphatic carboxylic acids is 1. The van der Waals surface area contributed by atoms with Gasteiger partial charge in [-0.25, -0.2) is 4.79 Å². The fourth-order valence-corrected chi connectivity index (χ4v) is 8.58. The zero-order chi connectivity index (χ0) is 42.1. The summed E-state index contributed by atoms with van der Waals surface area (Å²) >= 11 is 0. The van der Waals surface area contributed by atoms with Crippen LogP contribution in [0.3, 0.4) is 0 Å². The summed E-state index contributed by atoms with van der Waals surface area (Å²) in [7, 11) is 4.65. The van der Waals surface area contributed by atoms with E-state index in [-0.39, 0.29) is 48.5 Å². The van der Waals surface area contributed by atoms with Gasteiger partial charge < -0.3 is 39.8 Å². The van der Waals surface area contributed by atoms with Crippen LogP contribution in [-0.2, 0) is 33.4 Å². The molecule has 2 aromatic carbocycles. The maximum Gasteiger partial charge on any atom is 0.407 e. The molecule has 0 aromatic heterocycles. The molecule has 3 N–H and O–H groups in total. The molecule has 13 nitrogen and oxygen atoms in total. The standard InChI is InChI=1S/C44H64N4O9/c1-11-27(6)39(35(55-9)23-36(49)48-22-16-21-34(48)40(56-10)28(7)43(52)53)47(8)42(51)38(26(4)5)45-41(50)37(25(2)3)46-44(54)57-24-33-31-19-14-12-17-29(31)30-18-13-15-20-32(30)33/h12-15,17-20,25-28,33-35,37-40H,11,16,21-24H2,1-10H3,(H,45,50)(H,46,54)(H,52,53)/t27-,28+,34-,35+,37-,38-,39-,40+/m0/s1. The number of methoxy groups -OCH3 is 2. The Kier molecular flexibility index (Phi) is 16.1. The average Bonchev–Trinajstić information content (AvgIpc) is 3.80. The highest BCUT2D eigenvalue weighted by atomic mass is 16.5. The zero-order valence-electron chi connectivity index (χ0n) is 35.3. The van der Waals surface area contributed by atoms with Crippen molar-refractivity contribution in [1.29, 1.82) is 0 Å². The third-order valence-corrected chi connectivity index (χ3v) is 12.0. The van der Waals surface area contributed by atoms with Crippen LogP contribution < -0.4 is 10.6 Å². The van der Waals surface area contributed by atoms with Crippen LogP contribution in [0, 0.1) is 23.7 Å². The third-order valence-electron chi connectivity index (χ3n) is 12.0. The molecule has 4 amide bonds. The zero-order valence-corrected chi connectivity index (χ0v) is 35.3. The molecule has 4 rings (SSSR count). The van der Waals surface area contributed by atoms with Crippen molar-refractivity contribution in [2.45, 2.75) is 116 Å². The average molecular weight is 793 g/mol. The molecule has 1 aliphatic heterocycles. The molecule has 1 fully saturated rings. The van der Waals surface area contributed by atoms with Crippen molar-refractivity contribution in [2.24, 2.45) is 23.7 Å². The lowest BCUT2D eigenvalue weighted by atomic mass is 9.89. The number of alkyl carbamates (subject to hydrolysis) is 1. The maximum atomic E-state index is 14.4. The van der Waals surface area contributed by atoms with Crippen molar-refractivity contribution in [3.63, 3.8) is 0 Å². The van der Waals surface area contributed by atoms with E-state index in [1.807, 2.05) is 77.9 Å². The van der Waals surface area contributed by atoms with Crippen LogP contribution in [-0.4, -0.2) is 115 Å². The van der Waals surface area contributed by atoms with E-state index in [2.05, 4.69) is 22.8 Å². The highest BCUT2D eigenvalue weighted by Gasteiger charge is 2.43. The highest BCUT2D eigenvalue weighted by molar-refractivity contribution is 5.92. The van der Waals surface area contributed by atoms with Crippen molar-refractivity contribution in [2.75, 3.05) is 34.4 Å². The molecule has 1 saturated heterocycles. The summed E-state index contributed by atoms with van der Waals surface area (Å²) in [6, 6.07) is 13.2. The maximum absolute atomic E-state index is 14.4. The number of amides is 4. The van der Waals surface area contributed by atoms with E-state index in [4.69, 9.17) is 14.2 Å². The molecule has 57 heavy (non-hydrogen) atoms. The van der Waals surface area contributed by atoms with Crippen LogP contribution in [0.4, 0.5) is 4.79 Å². The van der Waals surface area contributed by atoms with Gasteiger partial charge in [-0.2, -0.15) is 0 Å². The van der Waals surface area contributed by atoms with Gasteiger partial charge in [0, 0.05) is 33.7 Å². The van der Waals surface area contributed by atoms with Gasteiger partial charge in [0.25, 0.3) is 0 Å². The second-order valence-electron chi connectivity index (χ2n) is 16.3. The van der Waals surface area contributed by atoms with Crippen molar-refractivity contribution < 1.29 is 43.3 Å². The minimum Gasteiger partial charge on any atom is -0.481 e. The Morgan fingerprint density at radius 2 is 1.44 bits per heavy atom. The van der Waals surface area contributed by atoms with Crippen LogP contribution in [0.25, 0.3) is 11.1 Å². The van der Waals surface area contributed by atoms with Gasteiger partial charge in [0.05, 0.1) is 36.6 Å². The first kappa shape index (κ1) is 45.2. The molecule has 314 valence electrons. The molecule has 13 heteroatoms. The molecular weight excluding hydrogens is 729 g/mol. The lowest BCUT2D eigenvalue weighted by Gasteiger charge is -2.41. The third kappa shape index (κ3) is 10.3. The first-order chi connectivity index (χ1) is 27.1. The largest absolute Gasteiger partial charge is 0.481 e. The van der Waals surface area contributed by atoms with E-state index in [1.54, 1.807) is 23.8 Å². The first-order valence-electron chi connectivity index (χ1n) is 20.3. The van der Waals surface area contributed by atoms with Gasteiger partial charge in [-0.05, 0) is 59.8 Å². The number of carboxylic acids is 1. The van der Waals surface area contributed by atoms with Gasteiger partial charge in [-0.1, -0.05) is 96.5 Å². The van der Waals surface area contributed by atoms with Crippen LogP contribution >= 0.6 is 0 Å². The van der Waals surface area contributed by atoms with Gasteiger partial charge in [0.1, 0.15) is 18.7 Å². The van der Waals surface area contributed by atoms with Crippen LogP contribution in [0.1, 0.15) is 91.2 Å². The predicted octanol–water partition coefficient (Wildman–Crippen LogP) is 5.70. The molecule has 2 aliphatic rings. The number of carbonyl (C=O) groups is 5. The number of rotatable bonds is 19. The minimum absolute atomic E-state index is 0.0320. The Balaban J connectivity index is 1.45. The molecular formula is C44H64N4O9. The number of hydrogen-bond donors (Lipinski definition) is 3. The summed E-state index contributed by atoms with van der Waals surface area (Å²) in [5.41, 5.74) is 4.37. The van der Waals surface area contributed by atoms with Gasteiger partial charge in [0.15, 0.2) is 0 Å². The quantitative estimate of drug-likeness (QED) is 0.162. The van der Waals surface area contributed by atoms with E-state index in [9.17, 15) is 29.1 Å². The summed E-state index contributed by atoms with van der Waals surface area (Å²) in [6.45, 7) is 13.5. The second kappa shape index (κ2) is 20.3. The molecule has 0 unspecified atom stereocenters. The number of nitrogens with one attached hydrogen (secondary N) is 2. The van der Waals surface area contributed by atoms with E-state index in [0.717, 1.165) is 28.7 Å². The van der Waals surface area contributed by atoms with Gasteiger partial charge in [-0.15, -0.1) is 0 Å². The summed E-state index contributed by atoms with van der Waals surface area (Å²) in [5.74, 6) is -3.75. The summed E-state index contributed by atoms with van der Waals surface area (Å²) < 4.78 is 17.3. The van der Waals surface area contributed by atoms with Gasteiger partial charge in [0.2, 0.25) is 17.7 Å². The van der Waals surface area contributed by atoms with Gasteiger partial charge >= 0.3 is 12.1 Å². The minimum atomic E-state index is -0.993. The normalized spacial score (nSPS) is 18.8.